The number of hydrogen-bond donors (Lipinski definition) is 2. The van der Waals surface area contributed by atoms with Crippen molar-refractivity contribution < 1.29 is 9.21 Å². The number of anilines is 1. The summed E-state index contributed by atoms with van der Waals surface area (Å²) < 4.78 is 6.34. The zero-order chi connectivity index (χ0) is 12.7. The van der Waals surface area contributed by atoms with Crippen molar-refractivity contribution in [3.63, 3.8) is 0 Å². The normalized spacial score (nSPS) is 14.9. The van der Waals surface area contributed by atoms with Crippen LogP contribution in [0.5, 0.6) is 0 Å². The number of amides is 1. The summed E-state index contributed by atoms with van der Waals surface area (Å²) >= 11 is 0. The topological polar surface area (TPSA) is 90.3 Å². The third kappa shape index (κ3) is 1.97. The number of nitrogen functional groups attached to an aromatic ring is 1. The Labute approximate surface area is 102 Å². The summed E-state index contributed by atoms with van der Waals surface area (Å²) in [6.45, 7) is -0.0359. The quantitative estimate of drug-likeness (QED) is 0.771. The maximum Gasteiger partial charge on any atom is 0.420 e. The van der Waals surface area contributed by atoms with Crippen LogP contribution in [0.1, 0.15) is 12.8 Å². The lowest BCUT2D eigenvalue weighted by Gasteiger charge is -2.03. The van der Waals surface area contributed by atoms with Crippen LogP contribution in [0.15, 0.2) is 27.4 Å². The molecule has 1 saturated carbocycles. The molecule has 1 amide bonds. The number of carbonyl (C=O) groups is 1. The molecule has 0 aliphatic heterocycles. The zero-order valence-corrected chi connectivity index (χ0v) is 9.68. The van der Waals surface area contributed by atoms with Gasteiger partial charge in [0.1, 0.15) is 6.54 Å². The van der Waals surface area contributed by atoms with Gasteiger partial charge in [0.25, 0.3) is 0 Å². The number of aromatic nitrogens is 1. The predicted molar refractivity (Wildman–Crippen MR) is 66.1 cm³/mol. The van der Waals surface area contributed by atoms with E-state index in [0.29, 0.717) is 16.8 Å². The highest BCUT2D eigenvalue weighted by Gasteiger charge is 2.24. The Morgan fingerprint density at radius 2 is 2.28 bits per heavy atom. The van der Waals surface area contributed by atoms with Crippen LogP contribution in [-0.2, 0) is 11.3 Å². The Balaban J connectivity index is 1.94. The largest absolute Gasteiger partial charge is 0.420 e. The van der Waals surface area contributed by atoms with Gasteiger partial charge in [-0.1, -0.05) is 0 Å². The molecular formula is C12H13N3O3. The molecule has 6 nitrogen and oxygen atoms in total. The van der Waals surface area contributed by atoms with Crippen LogP contribution in [0.4, 0.5) is 5.69 Å². The summed E-state index contributed by atoms with van der Waals surface area (Å²) in [5.74, 6) is -0.716. The molecule has 0 atom stereocenters. The number of nitrogens with two attached hydrogens (primary N) is 1. The standard InChI is InChI=1S/C12H13N3O3/c13-7-1-4-10-9(5-7)15(12(17)18-10)6-11(16)14-8-2-3-8/h1,4-5,8H,2-3,6,13H2,(H,14,16). The van der Waals surface area contributed by atoms with E-state index < -0.39 is 5.76 Å². The fourth-order valence-electron chi connectivity index (χ4n) is 1.87. The van der Waals surface area contributed by atoms with E-state index in [4.69, 9.17) is 10.2 Å². The van der Waals surface area contributed by atoms with Crippen LogP contribution >= 0.6 is 0 Å². The lowest BCUT2D eigenvalue weighted by atomic mass is 10.3. The summed E-state index contributed by atoms with van der Waals surface area (Å²) in [6.07, 6.45) is 2.03. The van der Waals surface area contributed by atoms with Gasteiger partial charge in [-0.3, -0.25) is 9.36 Å². The molecule has 94 valence electrons. The number of benzene rings is 1. The van der Waals surface area contributed by atoms with Gasteiger partial charge in [-0.2, -0.15) is 0 Å². The molecule has 0 saturated heterocycles. The molecule has 2 aromatic rings. The van der Waals surface area contributed by atoms with Crippen molar-refractivity contribution in [2.24, 2.45) is 0 Å². The fraction of sp³-hybridized carbons (Fsp3) is 0.333. The maximum absolute atomic E-state index is 11.7. The third-order valence-electron chi connectivity index (χ3n) is 2.94. The second-order valence-corrected chi connectivity index (χ2v) is 4.52. The second-order valence-electron chi connectivity index (χ2n) is 4.52. The first kappa shape index (κ1) is 10.9. The average molecular weight is 247 g/mol. The van der Waals surface area contributed by atoms with E-state index >= 15 is 0 Å². The molecule has 0 bridgehead atoms. The van der Waals surface area contributed by atoms with E-state index in [1.54, 1.807) is 18.2 Å². The van der Waals surface area contributed by atoms with Gasteiger partial charge in [-0.15, -0.1) is 0 Å². The highest BCUT2D eigenvalue weighted by molar-refractivity contribution is 5.81. The monoisotopic (exact) mass is 247 g/mol. The van der Waals surface area contributed by atoms with E-state index in [0.717, 1.165) is 12.8 Å². The highest BCUT2D eigenvalue weighted by Crippen LogP contribution is 2.19. The number of rotatable bonds is 3. The van der Waals surface area contributed by atoms with Crippen molar-refractivity contribution in [2.75, 3.05) is 5.73 Å². The molecule has 3 rings (SSSR count). The Hall–Kier alpha value is -2.24. The first-order valence-electron chi connectivity index (χ1n) is 5.82. The number of nitrogens with zero attached hydrogens (tertiary/aromatic N) is 1. The molecule has 1 fully saturated rings. The summed E-state index contributed by atoms with van der Waals surface area (Å²) in [5.41, 5.74) is 7.18. The highest BCUT2D eigenvalue weighted by atomic mass is 16.4. The molecule has 0 radical (unpaired) electrons. The minimum atomic E-state index is -0.540. The maximum atomic E-state index is 11.7. The molecule has 1 aromatic heterocycles. The lowest BCUT2D eigenvalue weighted by Crippen LogP contribution is -2.32. The van der Waals surface area contributed by atoms with Gasteiger partial charge in [0.05, 0.1) is 5.52 Å². The van der Waals surface area contributed by atoms with E-state index in [9.17, 15) is 9.59 Å². The summed E-state index contributed by atoms with van der Waals surface area (Å²) in [5, 5.41) is 2.83. The van der Waals surface area contributed by atoms with Crippen LogP contribution in [0.2, 0.25) is 0 Å². The molecule has 18 heavy (non-hydrogen) atoms. The number of nitrogens with one attached hydrogen (secondary N) is 1. The van der Waals surface area contributed by atoms with E-state index in [1.165, 1.54) is 4.57 Å². The minimum Gasteiger partial charge on any atom is -0.408 e. The molecule has 3 N–H and O–H groups in total. The van der Waals surface area contributed by atoms with Gasteiger partial charge in [0.15, 0.2) is 5.58 Å². The molecule has 6 heteroatoms. The zero-order valence-electron chi connectivity index (χ0n) is 9.68. The number of hydrogen-bond acceptors (Lipinski definition) is 4. The van der Waals surface area contributed by atoms with Crippen molar-refractivity contribution in [3.05, 3.63) is 28.7 Å². The van der Waals surface area contributed by atoms with Gasteiger partial charge in [-0.05, 0) is 31.0 Å². The van der Waals surface area contributed by atoms with E-state index in [2.05, 4.69) is 5.32 Å². The van der Waals surface area contributed by atoms with Gasteiger partial charge < -0.3 is 15.5 Å². The van der Waals surface area contributed by atoms with E-state index in [1.807, 2.05) is 0 Å². The van der Waals surface area contributed by atoms with E-state index in [-0.39, 0.29) is 18.5 Å². The van der Waals surface area contributed by atoms with Crippen LogP contribution < -0.4 is 16.8 Å². The van der Waals surface area contributed by atoms with Crippen molar-refractivity contribution in [3.8, 4) is 0 Å². The Bertz CT molecular complexity index is 667. The number of carbonyl (C=O) groups excluding carboxylic acids is 1. The molecule has 1 heterocycles. The second kappa shape index (κ2) is 3.90. The van der Waals surface area contributed by atoms with Crippen LogP contribution in [0, 0.1) is 0 Å². The van der Waals surface area contributed by atoms with Crippen molar-refractivity contribution in [2.45, 2.75) is 25.4 Å². The number of fused-ring (bicyclic) bond motifs is 1. The van der Waals surface area contributed by atoms with Gasteiger partial charge in [0.2, 0.25) is 5.91 Å². The SMILES string of the molecule is Nc1ccc2oc(=O)n(CC(=O)NC3CC3)c2c1. The van der Waals surface area contributed by atoms with Crippen molar-refractivity contribution in [1.29, 1.82) is 0 Å². The van der Waals surface area contributed by atoms with Crippen molar-refractivity contribution in [1.82, 2.24) is 9.88 Å². The Morgan fingerprint density at radius 3 is 3.00 bits per heavy atom. The lowest BCUT2D eigenvalue weighted by molar-refractivity contribution is -0.121. The van der Waals surface area contributed by atoms with Crippen LogP contribution in [-0.4, -0.2) is 16.5 Å². The summed E-state index contributed by atoms with van der Waals surface area (Å²) in [4.78, 5) is 23.4. The third-order valence-corrected chi connectivity index (χ3v) is 2.94. The molecule has 1 aromatic carbocycles. The minimum absolute atomic E-state index is 0.0359. The fourth-order valence-corrected chi connectivity index (χ4v) is 1.87. The predicted octanol–water partition coefficient (Wildman–Crippen LogP) is 0.455. The number of oxazole rings is 1. The first-order valence-corrected chi connectivity index (χ1v) is 5.82. The van der Waals surface area contributed by atoms with Gasteiger partial charge in [0, 0.05) is 11.7 Å². The van der Waals surface area contributed by atoms with Crippen LogP contribution in [0.25, 0.3) is 11.1 Å². The van der Waals surface area contributed by atoms with Crippen molar-refractivity contribution >= 4 is 22.7 Å². The molecular weight excluding hydrogens is 234 g/mol. The Morgan fingerprint density at radius 1 is 1.50 bits per heavy atom. The molecule has 1 aliphatic carbocycles. The molecule has 0 spiro atoms. The summed E-state index contributed by atoms with van der Waals surface area (Å²) in [6, 6.07) is 5.18. The summed E-state index contributed by atoms with van der Waals surface area (Å²) in [7, 11) is 0. The van der Waals surface area contributed by atoms with Gasteiger partial charge in [-0.25, -0.2) is 4.79 Å². The molecule has 1 aliphatic rings. The van der Waals surface area contributed by atoms with Gasteiger partial charge >= 0.3 is 5.76 Å². The first-order chi connectivity index (χ1) is 8.63. The Kier molecular flexibility index (Phi) is 2.36. The average Bonchev–Trinajstić information content (AvgIpc) is 3.07. The smallest absolute Gasteiger partial charge is 0.408 e. The molecule has 0 unspecified atom stereocenters. The van der Waals surface area contributed by atoms with Crippen LogP contribution in [0.3, 0.4) is 0 Å².